The third-order valence-corrected chi connectivity index (χ3v) is 19.4. The smallest absolute Gasteiger partial charge is 0.333 e. The summed E-state index contributed by atoms with van der Waals surface area (Å²) >= 11 is 1.96. The van der Waals surface area contributed by atoms with Gasteiger partial charge in [-0.1, -0.05) is 170 Å². The molecule has 9 aromatic carbocycles. The van der Waals surface area contributed by atoms with Crippen LogP contribution in [0.5, 0.6) is 0 Å². The quantitative estimate of drug-likeness (QED) is 0.160. The highest BCUT2D eigenvalue weighted by molar-refractivity contribution is 7.26. The van der Waals surface area contributed by atoms with Crippen molar-refractivity contribution in [2.45, 2.75) is 0 Å². The lowest BCUT2D eigenvalue weighted by Crippen LogP contribution is -2.78. The van der Waals surface area contributed by atoms with Crippen molar-refractivity contribution in [2.24, 2.45) is 0 Å². The minimum atomic E-state index is -2.84. The lowest BCUT2D eigenvalue weighted by molar-refractivity contribution is 1.27. The van der Waals surface area contributed by atoms with Crippen molar-refractivity contribution < 1.29 is 0 Å². The molecule has 3 aliphatic rings. The van der Waals surface area contributed by atoms with E-state index in [0.717, 1.165) is 0 Å². The summed E-state index contributed by atoms with van der Waals surface area (Å²) < 4.78 is 5.48. The van der Waals surface area contributed by atoms with E-state index >= 15 is 0 Å². The second-order valence-electron chi connectivity index (χ2n) is 15.9. The fraction of sp³-hybridized carbons (Fsp3) is 0. The van der Waals surface area contributed by atoms with Crippen molar-refractivity contribution in [3.63, 3.8) is 0 Å². The van der Waals surface area contributed by atoms with Crippen LogP contribution in [0.3, 0.4) is 0 Å². The van der Waals surface area contributed by atoms with Crippen LogP contribution < -0.4 is 36.6 Å². The van der Waals surface area contributed by atoms with Crippen molar-refractivity contribution in [1.29, 1.82) is 0 Å². The highest BCUT2D eigenvalue weighted by Gasteiger charge is 2.53. The highest BCUT2D eigenvalue weighted by atomic mass is 32.1. The number of rotatable bonds is 2. The van der Waals surface area contributed by atoms with Crippen LogP contribution in [0.15, 0.2) is 188 Å². The van der Waals surface area contributed by atoms with E-state index in [1.807, 2.05) is 11.3 Å². The number of anilines is 3. The fourth-order valence-corrected chi connectivity index (χ4v) is 17.7. The Morgan fingerprint density at radius 1 is 0.474 bits per heavy atom. The second-order valence-corrected chi connectivity index (χ2v) is 20.7. The molecule has 0 aliphatic carbocycles. The molecule has 57 heavy (non-hydrogen) atoms. The summed E-state index contributed by atoms with van der Waals surface area (Å²) in [6.45, 7) is -0.0278. The summed E-state index contributed by atoms with van der Waals surface area (Å²) in [5, 5.41) is 13.6. The molecule has 5 heteroatoms. The van der Waals surface area contributed by atoms with Gasteiger partial charge in [-0.3, -0.25) is 0 Å². The SMILES string of the molecule is c1ccc([Si]2(c3ccccc3)c3ccccc3N3c4cc5c(sc6ccccc65)c5c4B(c4cccc2c43)n2c3c-5cccc3c3ccc4ccccc4c32)cc1. The molecule has 0 saturated heterocycles. The van der Waals surface area contributed by atoms with E-state index in [1.165, 1.54) is 113 Å². The van der Waals surface area contributed by atoms with Gasteiger partial charge in [-0.05, 0) is 55.3 Å². The predicted octanol–water partition coefficient (Wildman–Crippen LogP) is 9.42. The van der Waals surface area contributed by atoms with E-state index in [9.17, 15) is 0 Å². The second kappa shape index (κ2) is 10.8. The third kappa shape index (κ3) is 3.60. The van der Waals surface area contributed by atoms with Gasteiger partial charge in [0.05, 0.1) is 0 Å². The number of nitrogens with zero attached hydrogens (tertiary/aromatic N) is 2. The van der Waals surface area contributed by atoms with Crippen molar-refractivity contribution in [1.82, 2.24) is 4.48 Å². The molecule has 0 radical (unpaired) electrons. The Bertz CT molecular complexity index is 3510. The normalized spacial score (nSPS) is 14.4. The predicted molar refractivity (Wildman–Crippen MR) is 248 cm³/mol. The maximum atomic E-state index is 2.76. The number of para-hydroxylation sites is 3. The molecule has 0 N–H and O–H groups in total. The number of aromatic nitrogens is 1. The Labute approximate surface area is 334 Å². The van der Waals surface area contributed by atoms with Gasteiger partial charge in [0.1, 0.15) is 0 Å². The first-order valence-electron chi connectivity index (χ1n) is 19.9. The minimum Gasteiger partial charge on any atom is -0.375 e. The number of thiophene rings is 1. The maximum absolute atomic E-state index is 2.84. The van der Waals surface area contributed by atoms with Crippen LogP contribution >= 0.6 is 11.3 Å². The summed E-state index contributed by atoms with van der Waals surface area (Å²) in [4.78, 5) is 2.69. The molecule has 0 atom stereocenters. The van der Waals surface area contributed by atoms with Crippen LogP contribution in [0.4, 0.5) is 17.1 Å². The molecule has 11 aromatic rings. The Kier molecular flexibility index (Phi) is 5.79. The molecule has 14 rings (SSSR count). The third-order valence-electron chi connectivity index (χ3n) is 13.4. The molecule has 2 aromatic heterocycles. The average Bonchev–Trinajstić information content (AvgIpc) is 3.83. The number of benzene rings is 9. The van der Waals surface area contributed by atoms with Crippen LogP contribution in [0.25, 0.3) is 63.9 Å². The highest BCUT2D eigenvalue weighted by Crippen LogP contribution is 2.51. The van der Waals surface area contributed by atoms with Gasteiger partial charge >= 0.3 is 6.85 Å². The van der Waals surface area contributed by atoms with Gasteiger partial charge in [0.25, 0.3) is 0 Å². The van der Waals surface area contributed by atoms with Gasteiger partial charge in [-0.25, -0.2) is 0 Å². The average molecular weight is 755 g/mol. The zero-order chi connectivity index (χ0) is 37.0. The van der Waals surface area contributed by atoms with Crippen molar-refractivity contribution in [3.8, 4) is 11.1 Å². The molecule has 3 aliphatic heterocycles. The minimum absolute atomic E-state index is 0.0278. The van der Waals surface area contributed by atoms with Crippen LogP contribution in [0.1, 0.15) is 0 Å². The summed E-state index contributed by atoms with van der Waals surface area (Å²) in [5.74, 6) is 0. The molecule has 0 amide bonds. The van der Waals surface area contributed by atoms with Gasteiger partial charge in [0.15, 0.2) is 8.07 Å². The fourth-order valence-electron chi connectivity index (χ4n) is 11.3. The lowest BCUT2D eigenvalue weighted by Gasteiger charge is -2.49. The first kappa shape index (κ1) is 30.5. The van der Waals surface area contributed by atoms with Gasteiger partial charge in [-0.15, -0.1) is 11.3 Å². The summed E-state index contributed by atoms with van der Waals surface area (Å²) in [6, 6.07) is 71.9. The molecule has 0 fully saturated rings. The summed E-state index contributed by atoms with van der Waals surface area (Å²) in [7, 11) is -2.84. The van der Waals surface area contributed by atoms with Gasteiger partial charge in [-0.2, -0.15) is 0 Å². The van der Waals surface area contributed by atoms with Crippen molar-refractivity contribution in [2.75, 3.05) is 4.90 Å². The largest absolute Gasteiger partial charge is 0.375 e. The number of hydrogen-bond donors (Lipinski definition) is 0. The molecule has 5 heterocycles. The van der Waals surface area contributed by atoms with Crippen LogP contribution in [-0.4, -0.2) is 19.4 Å². The van der Waals surface area contributed by atoms with Crippen LogP contribution in [0.2, 0.25) is 0 Å². The van der Waals surface area contributed by atoms with E-state index in [0.29, 0.717) is 0 Å². The standard InChI is InChI=1S/C52H31BN2SSi/c1-3-16-33(17-4-1)57(34-18-5-2-6-19-34)45-27-12-10-25-42(45)54-43-31-40-36-21-9-11-26-44(36)56-52(40)47-39-23-13-22-37-38-30-29-32-15-7-8-20-35(32)49(38)55(50(37)39)53(48(43)47)41-24-14-28-46(57)51(41)54/h1-31H. The van der Waals surface area contributed by atoms with Crippen molar-refractivity contribution >= 4 is 128 Å². The molecular formula is C52H31BN2SSi. The van der Waals surface area contributed by atoms with E-state index in [4.69, 9.17) is 0 Å². The molecule has 0 unspecified atom stereocenters. The van der Waals surface area contributed by atoms with E-state index in [-0.39, 0.29) is 6.85 Å². The maximum Gasteiger partial charge on any atom is 0.333 e. The molecular weight excluding hydrogens is 724 g/mol. The van der Waals surface area contributed by atoms with Crippen molar-refractivity contribution in [3.05, 3.63) is 188 Å². The van der Waals surface area contributed by atoms with E-state index < -0.39 is 8.07 Å². The van der Waals surface area contributed by atoms with Crippen LogP contribution in [-0.2, 0) is 0 Å². The Balaban J connectivity index is 1.24. The lowest BCUT2D eigenvalue weighted by atomic mass is 9.45. The Morgan fingerprint density at radius 3 is 1.98 bits per heavy atom. The zero-order valence-corrected chi connectivity index (χ0v) is 32.6. The van der Waals surface area contributed by atoms with E-state index in [1.54, 1.807) is 0 Å². The molecule has 0 spiro atoms. The summed E-state index contributed by atoms with van der Waals surface area (Å²) in [5.41, 5.74) is 12.1. The van der Waals surface area contributed by atoms with Gasteiger partial charge in [0, 0.05) is 75.6 Å². The molecule has 262 valence electrons. The van der Waals surface area contributed by atoms with Crippen LogP contribution in [0, 0.1) is 0 Å². The van der Waals surface area contributed by atoms with Gasteiger partial charge in [0.2, 0.25) is 0 Å². The molecule has 0 saturated carbocycles. The number of fused-ring (bicyclic) bond motifs is 15. The first-order valence-corrected chi connectivity index (χ1v) is 22.7. The van der Waals surface area contributed by atoms with Gasteiger partial charge < -0.3 is 9.38 Å². The van der Waals surface area contributed by atoms with E-state index in [2.05, 4.69) is 197 Å². The Morgan fingerprint density at radius 2 is 1.14 bits per heavy atom. The summed E-state index contributed by atoms with van der Waals surface area (Å²) in [6.07, 6.45) is 0. The first-order chi connectivity index (χ1) is 28.3. The number of hydrogen-bond acceptors (Lipinski definition) is 2. The molecule has 2 nitrogen and oxygen atoms in total. The Hall–Kier alpha value is -6.66. The zero-order valence-electron chi connectivity index (χ0n) is 30.8. The topological polar surface area (TPSA) is 8.17 Å². The molecule has 0 bridgehead atoms. The monoisotopic (exact) mass is 754 g/mol.